The van der Waals surface area contributed by atoms with E-state index in [-0.39, 0.29) is 5.75 Å². The van der Waals surface area contributed by atoms with Gasteiger partial charge in [-0.25, -0.2) is 8.78 Å². The SMILES string of the molecule is Cc1nnc(CCc2cccc(OCC(F)(F)C(F)F)c2)o1. The summed E-state index contributed by atoms with van der Waals surface area (Å²) in [5.41, 5.74) is 0.786. The van der Waals surface area contributed by atoms with Crippen LogP contribution in [0, 0.1) is 6.92 Å². The van der Waals surface area contributed by atoms with E-state index in [0.29, 0.717) is 24.6 Å². The van der Waals surface area contributed by atoms with Crippen molar-refractivity contribution in [3.05, 3.63) is 41.6 Å². The molecule has 4 nitrogen and oxygen atoms in total. The molecular weight excluding hydrogens is 304 g/mol. The van der Waals surface area contributed by atoms with Crippen molar-refractivity contribution >= 4 is 0 Å². The number of benzene rings is 1. The van der Waals surface area contributed by atoms with Crippen molar-refractivity contribution in [1.29, 1.82) is 0 Å². The highest BCUT2D eigenvalue weighted by Gasteiger charge is 2.41. The Labute approximate surface area is 124 Å². The van der Waals surface area contributed by atoms with Crippen LogP contribution < -0.4 is 4.74 Å². The van der Waals surface area contributed by atoms with Gasteiger partial charge in [0.15, 0.2) is 6.61 Å². The molecule has 0 aliphatic carbocycles. The minimum absolute atomic E-state index is 0.111. The lowest BCUT2D eigenvalue weighted by atomic mass is 10.1. The maximum atomic E-state index is 12.8. The monoisotopic (exact) mass is 318 g/mol. The molecule has 2 aromatic rings. The third-order valence-electron chi connectivity index (χ3n) is 2.84. The minimum Gasteiger partial charge on any atom is -0.487 e. The molecule has 1 aromatic carbocycles. The Morgan fingerprint density at radius 3 is 2.64 bits per heavy atom. The fraction of sp³-hybridized carbons (Fsp3) is 0.429. The second kappa shape index (κ2) is 6.76. The number of nitrogens with zero attached hydrogens (tertiary/aromatic N) is 2. The first-order valence-corrected chi connectivity index (χ1v) is 6.53. The fourth-order valence-corrected chi connectivity index (χ4v) is 1.72. The summed E-state index contributed by atoms with van der Waals surface area (Å²) < 4.78 is 59.7. The van der Waals surface area contributed by atoms with Gasteiger partial charge in [0.25, 0.3) is 0 Å². The molecule has 120 valence electrons. The summed E-state index contributed by atoms with van der Waals surface area (Å²) in [5, 5.41) is 7.53. The number of hydrogen-bond acceptors (Lipinski definition) is 4. The second-order valence-electron chi connectivity index (χ2n) is 4.71. The third kappa shape index (κ3) is 4.44. The van der Waals surface area contributed by atoms with E-state index in [1.54, 1.807) is 19.1 Å². The summed E-state index contributed by atoms with van der Waals surface area (Å²) in [5.74, 6) is -3.13. The number of aryl methyl sites for hydroxylation is 3. The number of ether oxygens (including phenoxy) is 1. The first kappa shape index (κ1) is 16.3. The Kier molecular flexibility index (Phi) is 4.99. The largest absolute Gasteiger partial charge is 0.487 e. The Morgan fingerprint density at radius 1 is 1.23 bits per heavy atom. The molecule has 1 aromatic heterocycles. The van der Waals surface area contributed by atoms with Crippen molar-refractivity contribution in [3.63, 3.8) is 0 Å². The van der Waals surface area contributed by atoms with Crippen LogP contribution >= 0.6 is 0 Å². The smallest absolute Gasteiger partial charge is 0.340 e. The second-order valence-corrected chi connectivity index (χ2v) is 4.71. The maximum Gasteiger partial charge on any atom is 0.340 e. The summed E-state index contributed by atoms with van der Waals surface area (Å²) >= 11 is 0. The normalized spacial score (nSPS) is 11.9. The number of hydrogen-bond donors (Lipinski definition) is 0. The van der Waals surface area contributed by atoms with E-state index in [2.05, 4.69) is 10.2 Å². The van der Waals surface area contributed by atoms with Crippen molar-refractivity contribution in [1.82, 2.24) is 10.2 Å². The standard InChI is InChI=1S/C14H14F4N2O2/c1-9-19-20-12(22-9)6-5-10-3-2-4-11(7-10)21-8-14(17,18)13(15)16/h2-4,7,13H,5-6,8H2,1H3. The van der Waals surface area contributed by atoms with Gasteiger partial charge in [-0.1, -0.05) is 12.1 Å². The highest BCUT2D eigenvalue weighted by molar-refractivity contribution is 5.28. The molecule has 0 saturated heterocycles. The number of rotatable bonds is 7. The average molecular weight is 318 g/mol. The number of alkyl halides is 4. The van der Waals surface area contributed by atoms with Gasteiger partial charge in [-0.15, -0.1) is 10.2 Å². The Morgan fingerprint density at radius 2 is 2.00 bits per heavy atom. The van der Waals surface area contributed by atoms with E-state index in [1.165, 1.54) is 12.1 Å². The average Bonchev–Trinajstić information content (AvgIpc) is 2.89. The van der Waals surface area contributed by atoms with Gasteiger partial charge in [-0.3, -0.25) is 0 Å². The Bertz CT molecular complexity index is 616. The van der Waals surface area contributed by atoms with Crippen LogP contribution in [-0.2, 0) is 12.8 Å². The van der Waals surface area contributed by atoms with Gasteiger partial charge in [0, 0.05) is 13.3 Å². The van der Waals surface area contributed by atoms with Crippen molar-refractivity contribution < 1.29 is 26.7 Å². The van der Waals surface area contributed by atoms with Crippen LogP contribution in [0.3, 0.4) is 0 Å². The predicted octanol–water partition coefficient (Wildman–Crippen LogP) is 3.44. The van der Waals surface area contributed by atoms with Crippen LogP contribution in [0.25, 0.3) is 0 Å². The van der Waals surface area contributed by atoms with Crippen molar-refractivity contribution in [2.45, 2.75) is 32.1 Å². The molecule has 0 unspecified atom stereocenters. The van der Waals surface area contributed by atoms with E-state index in [4.69, 9.17) is 9.15 Å². The van der Waals surface area contributed by atoms with Gasteiger partial charge >= 0.3 is 12.3 Å². The fourth-order valence-electron chi connectivity index (χ4n) is 1.72. The van der Waals surface area contributed by atoms with E-state index < -0.39 is 19.0 Å². The van der Waals surface area contributed by atoms with E-state index in [1.807, 2.05) is 0 Å². The Hall–Kier alpha value is -2.12. The summed E-state index contributed by atoms with van der Waals surface area (Å²) in [6.45, 7) is 0.311. The molecule has 1 heterocycles. The molecule has 0 aliphatic heterocycles. The molecular formula is C14H14F4N2O2. The zero-order chi connectivity index (χ0) is 16.2. The Balaban J connectivity index is 1.92. The lowest BCUT2D eigenvalue weighted by Gasteiger charge is -2.16. The van der Waals surface area contributed by atoms with E-state index in [0.717, 1.165) is 5.56 Å². The zero-order valence-corrected chi connectivity index (χ0v) is 11.7. The first-order valence-electron chi connectivity index (χ1n) is 6.53. The van der Waals surface area contributed by atoms with Crippen molar-refractivity contribution in [2.24, 2.45) is 0 Å². The minimum atomic E-state index is -4.17. The maximum absolute atomic E-state index is 12.8. The molecule has 0 N–H and O–H groups in total. The number of halogens is 4. The highest BCUT2D eigenvalue weighted by atomic mass is 19.3. The molecule has 0 radical (unpaired) electrons. The lowest BCUT2D eigenvalue weighted by molar-refractivity contribution is -0.148. The molecule has 0 aliphatic rings. The molecule has 22 heavy (non-hydrogen) atoms. The van der Waals surface area contributed by atoms with Crippen LogP contribution in [0.15, 0.2) is 28.7 Å². The molecule has 0 spiro atoms. The van der Waals surface area contributed by atoms with Crippen LogP contribution in [0.5, 0.6) is 5.75 Å². The number of aromatic nitrogens is 2. The predicted molar refractivity (Wildman–Crippen MR) is 69.3 cm³/mol. The third-order valence-corrected chi connectivity index (χ3v) is 2.84. The van der Waals surface area contributed by atoms with Crippen molar-refractivity contribution in [3.8, 4) is 5.75 Å². The quantitative estimate of drug-likeness (QED) is 0.734. The summed E-state index contributed by atoms with van der Waals surface area (Å²) in [4.78, 5) is 0. The van der Waals surface area contributed by atoms with Gasteiger partial charge < -0.3 is 9.15 Å². The highest BCUT2D eigenvalue weighted by Crippen LogP contribution is 2.24. The topological polar surface area (TPSA) is 48.2 Å². The zero-order valence-electron chi connectivity index (χ0n) is 11.7. The molecule has 0 fully saturated rings. The molecule has 2 rings (SSSR count). The van der Waals surface area contributed by atoms with Gasteiger partial charge in [-0.2, -0.15) is 8.78 Å². The first-order chi connectivity index (χ1) is 10.4. The summed E-state index contributed by atoms with van der Waals surface area (Å²) in [6, 6.07) is 6.32. The van der Waals surface area contributed by atoms with Crippen LogP contribution in [-0.4, -0.2) is 29.2 Å². The van der Waals surface area contributed by atoms with Gasteiger partial charge in [0.2, 0.25) is 11.8 Å². The molecule has 0 bridgehead atoms. The van der Waals surface area contributed by atoms with E-state index in [9.17, 15) is 17.6 Å². The molecule has 0 amide bonds. The molecule has 8 heteroatoms. The lowest BCUT2D eigenvalue weighted by Crippen LogP contribution is -2.33. The van der Waals surface area contributed by atoms with Gasteiger partial charge in [-0.05, 0) is 24.1 Å². The molecule has 0 saturated carbocycles. The van der Waals surface area contributed by atoms with Gasteiger partial charge in [0.05, 0.1) is 0 Å². The van der Waals surface area contributed by atoms with Crippen LogP contribution in [0.4, 0.5) is 17.6 Å². The van der Waals surface area contributed by atoms with E-state index >= 15 is 0 Å². The van der Waals surface area contributed by atoms with Crippen LogP contribution in [0.1, 0.15) is 17.3 Å². The summed E-state index contributed by atoms with van der Waals surface area (Å²) in [6.07, 6.45) is -2.74. The molecule has 0 atom stereocenters. The van der Waals surface area contributed by atoms with Crippen molar-refractivity contribution in [2.75, 3.05) is 6.61 Å². The van der Waals surface area contributed by atoms with Crippen LogP contribution in [0.2, 0.25) is 0 Å². The summed E-state index contributed by atoms with van der Waals surface area (Å²) in [7, 11) is 0. The van der Waals surface area contributed by atoms with Gasteiger partial charge in [0.1, 0.15) is 5.75 Å².